The lowest BCUT2D eigenvalue weighted by Gasteiger charge is -2.11. The molecule has 3 nitrogen and oxygen atoms in total. The predicted molar refractivity (Wildman–Crippen MR) is 61.6 cm³/mol. The fourth-order valence-electron chi connectivity index (χ4n) is 1.27. The van der Waals surface area contributed by atoms with Crippen LogP contribution in [0.5, 0.6) is 0 Å². The summed E-state index contributed by atoms with van der Waals surface area (Å²) < 4.78 is 0. The van der Waals surface area contributed by atoms with Crippen LogP contribution in [0.4, 0.5) is 0 Å². The molecular formula is C11H15ClN2O. The maximum atomic E-state index is 10.6. The van der Waals surface area contributed by atoms with Crippen LogP contribution in [0, 0.1) is 0 Å². The van der Waals surface area contributed by atoms with E-state index in [-0.39, 0.29) is 11.9 Å². The molecule has 0 aliphatic heterocycles. The summed E-state index contributed by atoms with van der Waals surface area (Å²) in [6, 6.07) is 7.69. The molecule has 1 aromatic carbocycles. The number of rotatable bonds is 5. The van der Waals surface area contributed by atoms with E-state index in [4.69, 9.17) is 17.3 Å². The van der Waals surface area contributed by atoms with Crippen LogP contribution in [0.2, 0.25) is 5.02 Å². The summed E-state index contributed by atoms with van der Waals surface area (Å²) in [7, 11) is 0. The molecule has 4 heteroatoms. The van der Waals surface area contributed by atoms with Gasteiger partial charge in [-0.25, -0.2) is 0 Å². The third-order valence-electron chi connectivity index (χ3n) is 2.08. The standard InChI is InChI=1S/C11H15ClN2O/c1-8(6-11(13)15)14-7-9-2-4-10(12)5-3-9/h2-5,8,14H,6-7H2,1H3,(H2,13,15). The van der Waals surface area contributed by atoms with Crippen molar-refractivity contribution in [3.63, 3.8) is 0 Å². The van der Waals surface area contributed by atoms with Crippen molar-refractivity contribution < 1.29 is 4.79 Å². The van der Waals surface area contributed by atoms with Gasteiger partial charge in [0.25, 0.3) is 0 Å². The van der Waals surface area contributed by atoms with Crippen LogP contribution in [0.1, 0.15) is 18.9 Å². The second-order valence-corrected chi connectivity index (χ2v) is 4.02. The highest BCUT2D eigenvalue weighted by Gasteiger charge is 2.04. The Labute approximate surface area is 94.6 Å². The van der Waals surface area contributed by atoms with Gasteiger partial charge < -0.3 is 11.1 Å². The zero-order chi connectivity index (χ0) is 11.3. The van der Waals surface area contributed by atoms with Crippen molar-refractivity contribution in [2.75, 3.05) is 0 Å². The monoisotopic (exact) mass is 226 g/mol. The Hall–Kier alpha value is -1.06. The van der Waals surface area contributed by atoms with Crippen LogP contribution in [-0.2, 0) is 11.3 Å². The molecule has 82 valence electrons. The van der Waals surface area contributed by atoms with E-state index in [1.165, 1.54) is 0 Å². The fourth-order valence-corrected chi connectivity index (χ4v) is 1.39. The minimum atomic E-state index is -0.286. The topological polar surface area (TPSA) is 55.1 Å². The number of carbonyl (C=O) groups excluding carboxylic acids is 1. The molecule has 0 aliphatic rings. The molecule has 15 heavy (non-hydrogen) atoms. The van der Waals surface area contributed by atoms with Gasteiger partial charge in [-0.3, -0.25) is 4.79 Å². The first-order chi connectivity index (χ1) is 7.08. The molecule has 0 heterocycles. The Morgan fingerprint density at radius 2 is 2.07 bits per heavy atom. The van der Waals surface area contributed by atoms with E-state index in [0.29, 0.717) is 13.0 Å². The molecule has 1 rings (SSSR count). The molecule has 0 fully saturated rings. The zero-order valence-electron chi connectivity index (χ0n) is 8.66. The van der Waals surface area contributed by atoms with Gasteiger partial charge in [0.1, 0.15) is 0 Å². The van der Waals surface area contributed by atoms with Gasteiger partial charge in [0.2, 0.25) is 5.91 Å². The fraction of sp³-hybridized carbons (Fsp3) is 0.364. The Morgan fingerprint density at radius 3 is 2.60 bits per heavy atom. The van der Waals surface area contributed by atoms with E-state index in [2.05, 4.69) is 5.32 Å². The molecule has 1 unspecified atom stereocenters. The number of nitrogens with two attached hydrogens (primary N) is 1. The van der Waals surface area contributed by atoms with Crippen LogP contribution in [0.3, 0.4) is 0 Å². The van der Waals surface area contributed by atoms with Crippen molar-refractivity contribution in [2.24, 2.45) is 5.73 Å². The van der Waals surface area contributed by atoms with Crippen molar-refractivity contribution >= 4 is 17.5 Å². The summed E-state index contributed by atoms with van der Waals surface area (Å²) >= 11 is 5.76. The number of benzene rings is 1. The Balaban J connectivity index is 2.36. The Morgan fingerprint density at radius 1 is 1.47 bits per heavy atom. The molecule has 3 N–H and O–H groups in total. The van der Waals surface area contributed by atoms with E-state index in [0.717, 1.165) is 10.6 Å². The molecule has 0 saturated heterocycles. The third kappa shape index (κ3) is 4.81. The first-order valence-corrected chi connectivity index (χ1v) is 5.22. The molecule has 1 aromatic rings. The average Bonchev–Trinajstić information content (AvgIpc) is 2.16. The quantitative estimate of drug-likeness (QED) is 0.803. The smallest absolute Gasteiger partial charge is 0.218 e. The number of nitrogens with one attached hydrogen (secondary N) is 1. The van der Waals surface area contributed by atoms with Crippen LogP contribution >= 0.6 is 11.6 Å². The van der Waals surface area contributed by atoms with Crippen molar-refractivity contribution in [1.82, 2.24) is 5.32 Å². The molecule has 0 aromatic heterocycles. The molecule has 0 radical (unpaired) electrons. The summed E-state index contributed by atoms with van der Waals surface area (Å²) in [5.74, 6) is -0.286. The molecule has 1 amide bonds. The van der Waals surface area contributed by atoms with Gasteiger partial charge >= 0.3 is 0 Å². The van der Waals surface area contributed by atoms with Gasteiger partial charge in [-0.05, 0) is 24.6 Å². The minimum Gasteiger partial charge on any atom is -0.370 e. The Kier molecular flexibility index (Phi) is 4.59. The Bertz CT molecular complexity index is 324. The van der Waals surface area contributed by atoms with Crippen LogP contribution in [0.25, 0.3) is 0 Å². The SMILES string of the molecule is CC(CC(N)=O)NCc1ccc(Cl)cc1. The number of halogens is 1. The molecule has 0 spiro atoms. The first kappa shape index (κ1) is 12.0. The van der Waals surface area contributed by atoms with Crippen molar-refractivity contribution in [2.45, 2.75) is 25.9 Å². The van der Waals surface area contributed by atoms with E-state index >= 15 is 0 Å². The van der Waals surface area contributed by atoms with E-state index in [9.17, 15) is 4.79 Å². The lowest BCUT2D eigenvalue weighted by Crippen LogP contribution is -2.30. The average molecular weight is 227 g/mol. The zero-order valence-corrected chi connectivity index (χ0v) is 9.42. The molecule has 1 atom stereocenters. The first-order valence-electron chi connectivity index (χ1n) is 4.84. The maximum absolute atomic E-state index is 10.6. The van der Waals surface area contributed by atoms with Gasteiger partial charge in [-0.1, -0.05) is 23.7 Å². The highest BCUT2D eigenvalue weighted by Crippen LogP contribution is 2.09. The largest absolute Gasteiger partial charge is 0.370 e. The van der Waals surface area contributed by atoms with Crippen molar-refractivity contribution in [3.05, 3.63) is 34.9 Å². The molecule has 0 bridgehead atoms. The third-order valence-corrected chi connectivity index (χ3v) is 2.33. The van der Waals surface area contributed by atoms with Crippen LogP contribution in [0.15, 0.2) is 24.3 Å². The molecule has 0 aliphatic carbocycles. The second-order valence-electron chi connectivity index (χ2n) is 3.58. The highest BCUT2D eigenvalue weighted by atomic mass is 35.5. The lowest BCUT2D eigenvalue weighted by molar-refractivity contribution is -0.118. The summed E-state index contributed by atoms with van der Waals surface area (Å²) in [6.45, 7) is 2.65. The van der Waals surface area contributed by atoms with Crippen LogP contribution in [-0.4, -0.2) is 11.9 Å². The predicted octanol–water partition coefficient (Wildman–Crippen LogP) is 1.69. The number of amides is 1. The number of hydrogen-bond acceptors (Lipinski definition) is 2. The van der Waals surface area contributed by atoms with Gasteiger partial charge in [0, 0.05) is 24.0 Å². The van der Waals surface area contributed by atoms with Gasteiger partial charge in [0.05, 0.1) is 0 Å². The number of carbonyl (C=O) groups is 1. The summed E-state index contributed by atoms with van der Waals surface area (Å²) in [4.78, 5) is 10.6. The summed E-state index contributed by atoms with van der Waals surface area (Å²) in [5, 5.41) is 3.93. The van der Waals surface area contributed by atoms with Crippen molar-refractivity contribution in [3.8, 4) is 0 Å². The van der Waals surface area contributed by atoms with E-state index in [1.807, 2.05) is 31.2 Å². The van der Waals surface area contributed by atoms with E-state index in [1.54, 1.807) is 0 Å². The highest BCUT2D eigenvalue weighted by molar-refractivity contribution is 6.30. The maximum Gasteiger partial charge on any atom is 0.218 e. The number of primary amides is 1. The lowest BCUT2D eigenvalue weighted by atomic mass is 10.2. The minimum absolute atomic E-state index is 0.0955. The van der Waals surface area contributed by atoms with Crippen LogP contribution < -0.4 is 11.1 Å². The summed E-state index contributed by atoms with van der Waals surface area (Å²) in [6.07, 6.45) is 0.355. The van der Waals surface area contributed by atoms with Gasteiger partial charge in [-0.2, -0.15) is 0 Å². The van der Waals surface area contributed by atoms with Crippen molar-refractivity contribution in [1.29, 1.82) is 0 Å². The molecule has 0 saturated carbocycles. The van der Waals surface area contributed by atoms with Gasteiger partial charge in [0.15, 0.2) is 0 Å². The van der Waals surface area contributed by atoms with Gasteiger partial charge in [-0.15, -0.1) is 0 Å². The summed E-state index contributed by atoms with van der Waals surface area (Å²) in [5.41, 5.74) is 6.22. The van der Waals surface area contributed by atoms with E-state index < -0.39 is 0 Å². The second kappa shape index (κ2) is 5.73. The molecular weight excluding hydrogens is 212 g/mol. The normalized spacial score (nSPS) is 12.4. The number of hydrogen-bond donors (Lipinski definition) is 2.